The molecular formula is C10H22N2. The molecule has 2 N–H and O–H groups in total. The molecule has 1 fully saturated rings. The largest absolute Gasteiger partial charge is 0.329 e. The first-order valence-electron chi connectivity index (χ1n) is 5.12. The molecule has 1 aliphatic rings. The van der Waals surface area contributed by atoms with Crippen LogP contribution in [-0.4, -0.2) is 30.1 Å². The highest BCUT2D eigenvalue weighted by atomic mass is 15.2. The maximum Gasteiger partial charge on any atom is 0.0221 e. The van der Waals surface area contributed by atoms with Gasteiger partial charge in [-0.2, -0.15) is 0 Å². The Morgan fingerprint density at radius 1 is 1.42 bits per heavy atom. The van der Waals surface area contributed by atoms with Gasteiger partial charge in [-0.05, 0) is 32.2 Å². The maximum absolute atomic E-state index is 5.72. The van der Waals surface area contributed by atoms with Crippen molar-refractivity contribution < 1.29 is 0 Å². The third-order valence-electron chi connectivity index (χ3n) is 3.18. The molecule has 2 atom stereocenters. The summed E-state index contributed by atoms with van der Waals surface area (Å²) in [6, 6.07) is 1.35. The van der Waals surface area contributed by atoms with Crippen molar-refractivity contribution in [1.82, 2.24) is 4.90 Å². The molecule has 0 bridgehead atoms. The summed E-state index contributed by atoms with van der Waals surface area (Å²) in [6.07, 6.45) is 2.63. The van der Waals surface area contributed by atoms with E-state index in [-0.39, 0.29) is 0 Å². The molecule has 1 aliphatic heterocycles. The molecule has 1 rings (SSSR count). The van der Waals surface area contributed by atoms with Gasteiger partial charge < -0.3 is 5.73 Å². The second-order valence-electron chi connectivity index (χ2n) is 4.25. The first kappa shape index (κ1) is 10.0. The van der Waals surface area contributed by atoms with Crippen molar-refractivity contribution >= 4 is 0 Å². The molecule has 1 unspecified atom stereocenters. The number of rotatable bonds is 3. The minimum atomic E-state index is 0.655. The van der Waals surface area contributed by atoms with Gasteiger partial charge in [-0.1, -0.05) is 13.8 Å². The van der Waals surface area contributed by atoms with E-state index < -0.39 is 0 Å². The lowest BCUT2D eigenvalue weighted by molar-refractivity contribution is 0.157. The van der Waals surface area contributed by atoms with Gasteiger partial charge in [-0.25, -0.2) is 0 Å². The molecule has 0 saturated carbocycles. The van der Waals surface area contributed by atoms with E-state index in [1.165, 1.54) is 19.4 Å². The van der Waals surface area contributed by atoms with Crippen LogP contribution in [0.3, 0.4) is 0 Å². The van der Waals surface area contributed by atoms with Gasteiger partial charge in [0.05, 0.1) is 0 Å². The van der Waals surface area contributed by atoms with Crippen LogP contribution >= 0.6 is 0 Å². The summed E-state index contributed by atoms with van der Waals surface area (Å²) in [5.74, 6) is 0.747. The molecule has 2 nitrogen and oxygen atoms in total. The molecule has 0 aliphatic carbocycles. The van der Waals surface area contributed by atoms with Gasteiger partial charge >= 0.3 is 0 Å². The van der Waals surface area contributed by atoms with Gasteiger partial charge in [0.25, 0.3) is 0 Å². The van der Waals surface area contributed by atoms with Gasteiger partial charge in [-0.3, -0.25) is 4.90 Å². The average Bonchev–Trinajstić information content (AvgIpc) is 2.49. The zero-order valence-corrected chi connectivity index (χ0v) is 8.59. The molecule has 12 heavy (non-hydrogen) atoms. The minimum Gasteiger partial charge on any atom is -0.329 e. The summed E-state index contributed by atoms with van der Waals surface area (Å²) >= 11 is 0. The second-order valence-corrected chi connectivity index (χ2v) is 4.25. The van der Waals surface area contributed by atoms with E-state index in [4.69, 9.17) is 5.73 Å². The van der Waals surface area contributed by atoms with Crippen molar-refractivity contribution in [3.8, 4) is 0 Å². The predicted octanol–water partition coefficient (Wildman–Crippen LogP) is 1.45. The number of likely N-dealkylation sites (tertiary alicyclic amines) is 1. The second kappa shape index (κ2) is 4.24. The van der Waals surface area contributed by atoms with Crippen LogP contribution in [0.15, 0.2) is 0 Å². The third-order valence-corrected chi connectivity index (χ3v) is 3.18. The van der Waals surface area contributed by atoms with Gasteiger partial charge in [0.2, 0.25) is 0 Å². The van der Waals surface area contributed by atoms with Crippen LogP contribution < -0.4 is 5.73 Å². The van der Waals surface area contributed by atoms with Gasteiger partial charge in [0.1, 0.15) is 0 Å². The van der Waals surface area contributed by atoms with Crippen LogP contribution in [-0.2, 0) is 0 Å². The van der Waals surface area contributed by atoms with Crippen molar-refractivity contribution in [3.05, 3.63) is 0 Å². The Labute approximate surface area is 76.1 Å². The Kier molecular flexibility index (Phi) is 3.53. The van der Waals surface area contributed by atoms with E-state index in [1.54, 1.807) is 0 Å². The van der Waals surface area contributed by atoms with Gasteiger partial charge in [0, 0.05) is 18.6 Å². The van der Waals surface area contributed by atoms with E-state index in [0.29, 0.717) is 12.1 Å². The van der Waals surface area contributed by atoms with Crippen molar-refractivity contribution in [2.24, 2.45) is 11.7 Å². The first-order chi connectivity index (χ1) is 5.66. The summed E-state index contributed by atoms with van der Waals surface area (Å²) in [6.45, 7) is 8.98. The van der Waals surface area contributed by atoms with Crippen molar-refractivity contribution in [2.75, 3.05) is 13.1 Å². The zero-order valence-electron chi connectivity index (χ0n) is 8.59. The van der Waals surface area contributed by atoms with Gasteiger partial charge in [0.15, 0.2) is 0 Å². The normalized spacial score (nSPS) is 28.2. The van der Waals surface area contributed by atoms with E-state index in [2.05, 4.69) is 25.7 Å². The topological polar surface area (TPSA) is 29.3 Å². The highest BCUT2D eigenvalue weighted by Gasteiger charge is 2.28. The Hall–Kier alpha value is -0.0800. The summed E-state index contributed by atoms with van der Waals surface area (Å²) in [4.78, 5) is 2.57. The average molecular weight is 170 g/mol. The van der Waals surface area contributed by atoms with E-state index >= 15 is 0 Å². The lowest BCUT2D eigenvalue weighted by Gasteiger charge is -2.32. The lowest BCUT2D eigenvalue weighted by Crippen LogP contribution is -2.43. The Morgan fingerprint density at radius 3 is 2.58 bits per heavy atom. The van der Waals surface area contributed by atoms with Crippen molar-refractivity contribution in [1.29, 1.82) is 0 Å². The standard InChI is InChI=1S/C10H22N2/c1-8(2)9(3)12-6-4-5-10(12)7-11/h8-10H,4-7,11H2,1-3H3/t9?,10-/m1/s1. The maximum atomic E-state index is 5.72. The summed E-state index contributed by atoms with van der Waals surface area (Å²) in [7, 11) is 0. The van der Waals surface area contributed by atoms with Crippen LogP contribution in [0.4, 0.5) is 0 Å². The predicted molar refractivity (Wildman–Crippen MR) is 53.1 cm³/mol. The van der Waals surface area contributed by atoms with E-state index in [9.17, 15) is 0 Å². The molecule has 0 radical (unpaired) electrons. The van der Waals surface area contributed by atoms with Crippen LogP contribution in [0.25, 0.3) is 0 Å². The molecule has 1 heterocycles. The van der Waals surface area contributed by atoms with Crippen LogP contribution in [0.2, 0.25) is 0 Å². The molecule has 1 saturated heterocycles. The van der Waals surface area contributed by atoms with Crippen LogP contribution in [0.5, 0.6) is 0 Å². The monoisotopic (exact) mass is 170 g/mol. The van der Waals surface area contributed by atoms with Crippen LogP contribution in [0, 0.1) is 5.92 Å². The fourth-order valence-electron chi connectivity index (χ4n) is 2.03. The molecule has 72 valence electrons. The number of nitrogens with zero attached hydrogens (tertiary/aromatic N) is 1. The fraction of sp³-hybridized carbons (Fsp3) is 1.00. The third kappa shape index (κ3) is 1.99. The first-order valence-corrected chi connectivity index (χ1v) is 5.12. The summed E-state index contributed by atoms with van der Waals surface area (Å²) in [5, 5.41) is 0. The molecule has 0 aromatic rings. The molecule has 0 aromatic heterocycles. The zero-order chi connectivity index (χ0) is 9.14. The molecule has 0 aromatic carbocycles. The highest BCUT2D eigenvalue weighted by Crippen LogP contribution is 2.22. The molecule has 2 heteroatoms. The summed E-state index contributed by atoms with van der Waals surface area (Å²) < 4.78 is 0. The summed E-state index contributed by atoms with van der Waals surface area (Å²) in [5.41, 5.74) is 5.72. The Morgan fingerprint density at radius 2 is 2.08 bits per heavy atom. The van der Waals surface area contributed by atoms with Crippen molar-refractivity contribution in [2.45, 2.75) is 45.7 Å². The van der Waals surface area contributed by atoms with Crippen molar-refractivity contribution in [3.63, 3.8) is 0 Å². The number of nitrogens with two attached hydrogens (primary N) is 1. The lowest BCUT2D eigenvalue weighted by atomic mass is 10.0. The Bertz CT molecular complexity index is 134. The van der Waals surface area contributed by atoms with Gasteiger partial charge in [-0.15, -0.1) is 0 Å². The Balaban J connectivity index is 2.49. The van der Waals surface area contributed by atoms with E-state index in [0.717, 1.165) is 12.5 Å². The smallest absolute Gasteiger partial charge is 0.0221 e. The molecule has 0 amide bonds. The number of hydrogen-bond acceptors (Lipinski definition) is 2. The highest BCUT2D eigenvalue weighted by molar-refractivity contribution is 4.84. The SMILES string of the molecule is CC(C)C(C)N1CCC[C@@H]1CN. The number of hydrogen-bond donors (Lipinski definition) is 1. The van der Waals surface area contributed by atoms with E-state index in [1.807, 2.05) is 0 Å². The minimum absolute atomic E-state index is 0.655. The molecular weight excluding hydrogens is 148 g/mol. The molecule has 0 spiro atoms. The quantitative estimate of drug-likeness (QED) is 0.694. The fourth-order valence-corrected chi connectivity index (χ4v) is 2.03. The van der Waals surface area contributed by atoms with Crippen LogP contribution in [0.1, 0.15) is 33.6 Å².